The van der Waals surface area contributed by atoms with Crippen molar-refractivity contribution in [2.45, 2.75) is 39.2 Å². The fourth-order valence-corrected chi connectivity index (χ4v) is 1.85. The fourth-order valence-electron chi connectivity index (χ4n) is 1.85. The Morgan fingerprint density at radius 2 is 2.11 bits per heavy atom. The fraction of sp³-hybridized carbons (Fsp3) is 0.533. The molecule has 1 rings (SSSR count). The van der Waals surface area contributed by atoms with Crippen molar-refractivity contribution in [3.8, 4) is 11.8 Å². The first kappa shape index (κ1) is 14.5. The lowest BCUT2D eigenvalue weighted by molar-refractivity contribution is 0.412. The molecule has 0 aliphatic carbocycles. The third kappa shape index (κ3) is 4.77. The van der Waals surface area contributed by atoms with Crippen LogP contribution in [0.15, 0.2) is 18.2 Å². The summed E-state index contributed by atoms with van der Waals surface area (Å²) in [5, 5.41) is 12.3. The molecular weight excluding hydrogens is 224 g/mol. The van der Waals surface area contributed by atoms with E-state index in [-0.39, 0.29) is 0 Å². The Balaban J connectivity index is 2.37. The number of ether oxygens (including phenoxy) is 1. The van der Waals surface area contributed by atoms with Crippen molar-refractivity contribution >= 4 is 0 Å². The minimum absolute atomic E-state index is 0.587. The number of nitriles is 1. The third-order valence-electron chi connectivity index (χ3n) is 2.92. The van der Waals surface area contributed by atoms with Crippen molar-refractivity contribution < 1.29 is 4.74 Å². The van der Waals surface area contributed by atoms with E-state index in [1.54, 1.807) is 7.11 Å². The van der Waals surface area contributed by atoms with Crippen LogP contribution in [0.2, 0.25) is 0 Å². The molecule has 1 N–H and O–H groups in total. The van der Waals surface area contributed by atoms with Gasteiger partial charge in [-0.1, -0.05) is 32.3 Å². The number of hydrogen-bond acceptors (Lipinski definition) is 3. The van der Waals surface area contributed by atoms with Crippen LogP contribution >= 0.6 is 0 Å². The minimum Gasteiger partial charge on any atom is -0.495 e. The van der Waals surface area contributed by atoms with Gasteiger partial charge in [-0.25, -0.2) is 0 Å². The first-order chi connectivity index (χ1) is 8.81. The molecule has 0 aliphatic heterocycles. The molecule has 3 heteroatoms. The highest BCUT2D eigenvalue weighted by molar-refractivity contribution is 5.45. The average Bonchev–Trinajstić information content (AvgIpc) is 2.42. The van der Waals surface area contributed by atoms with E-state index in [1.807, 2.05) is 18.2 Å². The molecule has 0 saturated carbocycles. The molecule has 98 valence electrons. The van der Waals surface area contributed by atoms with Gasteiger partial charge in [0.1, 0.15) is 11.8 Å². The van der Waals surface area contributed by atoms with Gasteiger partial charge in [-0.2, -0.15) is 5.26 Å². The van der Waals surface area contributed by atoms with Crippen LogP contribution < -0.4 is 10.1 Å². The number of nitrogens with zero attached hydrogens (tertiary/aromatic N) is 1. The molecular formula is C15H22N2O. The largest absolute Gasteiger partial charge is 0.495 e. The average molecular weight is 246 g/mol. The van der Waals surface area contributed by atoms with Crippen LogP contribution in [0.5, 0.6) is 5.75 Å². The molecule has 0 bridgehead atoms. The zero-order valence-electron chi connectivity index (χ0n) is 11.3. The standard InChI is InChI=1S/C15H22N2O/c1-3-4-5-6-9-17-12-13-7-8-14(11-16)15(10-13)18-2/h7-8,10,17H,3-6,9,12H2,1-2H3. The first-order valence-corrected chi connectivity index (χ1v) is 6.59. The van der Waals surface area contributed by atoms with Crippen molar-refractivity contribution in [2.75, 3.05) is 13.7 Å². The molecule has 1 aromatic rings. The summed E-state index contributed by atoms with van der Waals surface area (Å²) in [6.45, 7) is 4.09. The van der Waals surface area contributed by atoms with Crippen molar-refractivity contribution in [3.05, 3.63) is 29.3 Å². The van der Waals surface area contributed by atoms with Crippen LogP contribution in [0.1, 0.15) is 43.7 Å². The van der Waals surface area contributed by atoms with E-state index in [4.69, 9.17) is 10.00 Å². The first-order valence-electron chi connectivity index (χ1n) is 6.59. The van der Waals surface area contributed by atoms with Crippen LogP contribution in [-0.2, 0) is 6.54 Å². The SMILES string of the molecule is CCCCCCNCc1ccc(C#N)c(OC)c1. The summed E-state index contributed by atoms with van der Waals surface area (Å²) >= 11 is 0. The molecule has 0 fully saturated rings. The van der Waals surface area contributed by atoms with Crippen molar-refractivity contribution in [3.63, 3.8) is 0 Å². The Hall–Kier alpha value is -1.53. The number of rotatable bonds is 8. The van der Waals surface area contributed by atoms with Gasteiger partial charge in [0, 0.05) is 6.54 Å². The number of hydrogen-bond donors (Lipinski definition) is 1. The summed E-state index contributed by atoms with van der Waals surface area (Å²) in [6, 6.07) is 7.83. The molecule has 0 radical (unpaired) electrons. The van der Waals surface area contributed by atoms with Crippen LogP contribution in [-0.4, -0.2) is 13.7 Å². The van der Waals surface area contributed by atoms with Gasteiger partial charge in [0.05, 0.1) is 12.7 Å². The topological polar surface area (TPSA) is 45.0 Å². The quantitative estimate of drug-likeness (QED) is 0.716. The molecule has 0 aromatic heterocycles. The van der Waals surface area contributed by atoms with Crippen molar-refractivity contribution in [1.29, 1.82) is 5.26 Å². The highest BCUT2D eigenvalue weighted by atomic mass is 16.5. The Bertz CT molecular complexity index is 396. The third-order valence-corrected chi connectivity index (χ3v) is 2.92. The van der Waals surface area contributed by atoms with Gasteiger partial charge >= 0.3 is 0 Å². The highest BCUT2D eigenvalue weighted by Gasteiger charge is 2.03. The summed E-state index contributed by atoms with van der Waals surface area (Å²) in [7, 11) is 1.60. The van der Waals surface area contributed by atoms with E-state index >= 15 is 0 Å². The molecule has 3 nitrogen and oxygen atoms in total. The van der Waals surface area contributed by atoms with E-state index < -0.39 is 0 Å². The monoisotopic (exact) mass is 246 g/mol. The smallest absolute Gasteiger partial charge is 0.136 e. The van der Waals surface area contributed by atoms with E-state index in [2.05, 4.69) is 18.3 Å². The van der Waals surface area contributed by atoms with Gasteiger partial charge < -0.3 is 10.1 Å². The van der Waals surface area contributed by atoms with Gasteiger partial charge in [-0.3, -0.25) is 0 Å². The molecule has 18 heavy (non-hydrogen) atoms. The number of nitrogens with one attached hydrogen (secondary N) is 1. The molecule has 0 aliphatic rings. The molecule has 0 unspecified atom stereocenters. The maximum absolute atomic E-state index is 8.89. The predicted molar refractivity (Wildman–Crippen MR) is 73.6 cm³/mol. The summed E-state index contributed by atoms with van der Waals surface area (Å²) in [5.41, 5.74) is 1.74. The van der Waals surface area contributed by atoms with Gasteiger partial charge in [-0.15, -0.1) is 0 Å². The zero-order valence-corrected chi connectivity index (χ0v) is 11.3. The maximum atomic E-state index is 8.89. The van der Waals surface area contributed by atoms with Gasteiger partial charge in [0.15, 0.2) is 0 Å². The second kappa shape index (κ2) is 8.54. The molecule has 0 saturated heterocycles. The molecule has 0 heterocycles. The molecule has 0 atom stereocenters. The van der Waals surface area contributed by atoms with Gasteiger partial charge in [-0.05, 0) is 30.7 Å². The second-order valence-electron chi connectivity index (χ2n) is 4.38. The normalized spacial score (nSPS) is 10.1. The lowest BCUT2D eigenvalue weighted by atomic mass is 10.1. The van der Waals surface area contributed by atoms with Crippen molar-refractivity contribution in [2.24, 2.45) is 0 Å². The Morgan fingerprint density at radius 1 is 1.28 bits per heavy atom. The Kier molecular flexibility index (Phi) is 6.90. The Morgan fingerprint density at radius 3 is 2.78 bits per heavy atom. The zero-order chi connectivity index (χ0) is 13.2. The van der Waals surface area contributed by atoms with Crippen LogP contribution in [0.4, 0.5) is 0 Å². The highest BCUT2D eigenvalue weighted by Crippen LogP contribution is 2.19. The molecule has 0 spiro atoms. The van der Waals surface area contributed by atoms with E-state index in [9.17, 15) is 0 Å². The van der Waals surface area contributed by atoms with Crippen LogP contribution in [0, 0.1) is 11.3 Å². The number of benzene rings is 1. The lowest BCUT2D eigenvalue weighted by Gasteiger charge is -2.07. The van der Waals surface area contributed by atoms with Gasteiger partial charge in [0.2, 0.25) is 0 Å². The maximum Gasteiger partial charge on any atom is 0.136 e. The van der Waals surface area contributed by atoms with E-state index in [0.717, 1.165) is 18.7 Å². The van der Waals surface area contributed by atoms with Crippen LogP contribution in [0.3, 0.4) is 0 Å². The van der Waals surface area contributed by atoms with E-state index in [0.29, 0.717) is 11.3 Å². The molecule has 1 aromatic carbocycles. The minimum atomic E-state index is 0.587. The van der Waals surface area contributed by atoms with Crippen LogP contribution in [0.25, 0.3) is 0 Å². The van der Waals surface area contributed by atoms with Crippen molar-refractivity contribution in [1.82, 2.24) is 5.32 Å². The van der Waals surface area contributed by atoms with E-state index in [1.165, 1.54) is 25.7 Å². The lowest BCUT2D eigenvalue weighted by Crippen LogP contribution is -2.14. The second-order valence-corrected chi connectivity index (χ2v) is 4.38. The Labute approximate surface area is 110 Å². The summed E-state index contributed by atoms with van der Waals surface area (Å²) in [5.74, 6) is 0.655. The number of methoxy groups -OCH3 is 1. The summed E-state index contributed by atoms with van der Waals surface area (Å²) < 4.78 is 5.19. The number of unbranched alkanes of at least 4 members (excludes halogenated alkanes) is 3. The van der Waals surface area contributed by atoms with Gasteiger partial charge in [0.25, 0.3) is 0 Å². The summed E-state index contributed by atoms with van der Waals surface area (Å²) in [4.78, 5) is 0. The molecule has 0 amide bonds. The predicted octanol–water partition coefficient (Wildman–Crippen LogP) is 3.24. The summed E-state index contributed by atoms with van der Waals surface area (Å²) in [6.07, 6.45) is 5.10.